The van der Waals surface area contributed by atoms with E-state index >= 15 is 0 Å². The molecule has 2 aliphatic carbocycles. The molecule has 0 amide bonds. The first-order valence-electron chi connectivity index (χ1n) is 8.17. The Morgan fingerprint density at radius 2 is 2.00 bits per heavy atom. The van der Waals surface area contributed by atoms with Crippen molar-refractivity contribution in [2.45, 2.75) is 70.4 Å². The molecule has 0 aromatic heterocycles. The summed E-state index contributed by atoms with van der Waals surface area (Å²) in [4.78, 5) is 12.1. The zero-order valence-corrected chi connectivity index (χ0v) is 12.9. The van der Waals surface area contributed by atoms with Crippen molar-refractivity contribution >= 4 is 5.97 Å². The standard InChI is InChI=1S/C16H29NO3/c1-3-12-6-5-7-14(10-12)20-11-16(17,13-8-9-13)15(18)19-4-2/h12-14H,3-11,17H2,1-2H3. The summed E-state index contributed by atoms with van der Waals surface area (Å²) in [5, 5.41) is 0. The lowest BCUT2D eigenvalue weighted by atomic mass is 9.85. The third-order valence-electron chi connectivity index (χ3n) is 4.83. The van der Waals surface area contributed by atoms with Crippen molar-refractivity contribution in [3.8, 4) is 0 Å². The fourth-order valence-corrected chi connectivity index (χ4v) is 3.23. The Morgan fingerprint density at radius 1 is 1.25 bits per heavy atom. The van der Waals surface area contributed by atoms with Crippen LogP contribution in [0.5, 0.6) is 0 Å². The highest BCUT2D eigenvalue weighted by Crippen LogP contribution is 2.40. The predicted octanol–water partition coefficient (Wildman–Crippen LogP) is 2.64. The Kier molecular flexibility index (Phi) is 5.44. The van der Waals surface area contributed by atoms with Crippen LogP contribution in [-0.4, -0.2) is 30.8 Å². The van der Waals surface area contributed by atoms with E-state index in [2.05, 4.69) is 6.92 Å². The molecule has 116 valence electrons. The van der Waals surface area contributed by atoms with Gasteiger partial charge in [0.15, 0.2) is 0 Å². The minimum Gasteiger partial charge on any atom is -0.465 e. The topological polar surface area (TPSA) is 61.5 Å². The first-order chi connectivity index (χ1) is 9.60. The lowest BCUT2D eigenvalue weighted by Crippen LogP contribution is -2.55. The number of nitrogens with two attached hydrogens (primary N) is 1. The molecule has 0 radical (unpaired) electrons. The Labute approximate surface area is 122 Å². The fraction of sp³-hybridized carbons (Fsp3) is 0.938. The molecule has 0 aromatic rings. The first kappa shape index (κ1) is 15.8. The predicted molar refractivity (Wildman–Crippen MR) is 78.3 cm³/mol. The smallest absolute Gasteiger partial charge is 0.328 e. The zero-order valence-electron chi connectivity index (χ0n) is 12.9. The molecule has 20 heavy (non-hydrogen) atoms. The molecule has 2 N–H and O–H groups in total. The quantitative estimate of drug-likeness (QED) is 0.730. The molecular weight excluding hydrogens is 254 g/mol. The number of ether oxygens (including phenoxy) is 2. The molecule has 2 rings (SSSR count). The van der Waals surface area contributed by atoms with E-state index in [0.717, 1.165) is 31.6 Å². The van der Waals surface area contributed by atoms with E-state index in [0.29, 0.717) is 13.2 Å². The van der Waals surface area contributed by atoms with Crippen LogP contribution in [0.4, 0.5) is 0 Å². The van der Waals surface area contributed by atoms with Crippen molar-refractivity contribution < 1.29 is 14.3 Å². The highest BCUT2D eigenvalue weighted by atomic mass is 16.5. The molecule has 2 fully saturated rings. The first-order valence-corrected chi connectivity index (χ1v) is 8.17. The maximum absolute atomic E-state index is 12.1. The van der Waals surface area contributed by atoms with Crippen molar-refractivity contribution in [3.63, 3.8) is 0 Å². The largest absolute Gasteiger partial charge is 0.465 e. The van der Waals surface area contributed by atoms with Gasteiger partial charge in [0, 0.05) is 0 Å². The minimum absolute atomic E-state index is 0.243. The molecule has 4 nitrogen and oxygen atoms in total. The molecule has 3 atom stereocenters. The van der Waals surface area contributed by atoms with Crippen LogP contribution in [0.1, 0.15) is 58.8 Å². The number of esters is 1. The average Bonchev–Trinajstić information content (AvgIpc) is 3.30. The SMILES string of the molecule is CCOC(=O)C(N)(COC1CCCC(CC)C1)C1CC1. The highest BCUT2D eigenvalue weighted by molar-refractivity contribution is 5.81. The van der Waals surface area contributed by atoms with Gasteiger partial charge in [0.25, 0.3) is 0 Å². The minimum atomic E-state index is -0.921. The summed E-state index contributed by atoms with van der Waals surface area (Å²) in [5.74, 6) is 0.724. The molecule has 4 heteroatoms. The maximum atomic E-state index is 12.1. The van der Waals surface area contributed by atoms with Gasteiger partial charge in [-0.15, -0.1) is 0 Å². The number of carbonyl (C=O) groups is 1. The second kappa shape index (κ2) is 6.90. The fourth-order valence-electron chi connectivity index (χ4n) is 3.23. The van der Waals surface area contributed by atoms with Crippen LogP contribution in [0.25, 0.3) is 0 Å². The van der Waals surface area contributed by atoms with Crippen molar-refractivity contribution in [3.05, 3.63) is 0 Å². The monoisotopic (exact) mass is 283 g/mol. The van der Waals surface area contributed by atoms with Crippen LogP contribution < -0.4 is 5.73 Å². The molecule has 0 spiro atoms. The number of hydrogen-bond acceptors (Lipinski definition) is 4. The molecule has 0 aromatic carbocycles. The molecule has 2 saturated carbocycles. The van der Waals surface area contributed by atoms with Crippen molar-refractivity contribution in [2.75, 3.05) is 13.2 Å². The molecule has 0 heterocycles. The zero-order chi connectivity index (χ0) is 14.6. The number of rotatable bonds is 7. The van der Waals surface area contributed by atoms with E-state index in [-0.39, 0.29) is 18.0 Å². The molecular formula is C16H29NO3. The highest BCUT2D eigenvalue weighted by Gasteiger charge is 2.49. The van der Waals surface area contributed by atoms with Crippen molar-refractivity contribution in [2.24, 2.45) is 17.6 Å². The molecule has 3 unspecified atom stereocenters. The normalized spacial score (nSPS) is 29.8. The second-order valence-electron chi connectivity index (χ2n) is 6.41. The number of hydrogen-bond donors (Lipinski definition) is 1. The van der Waals surface area contributed by atoms with Gasteiger partial charge in [0.05, 0.1) is 19.3 Å². The Bertz CT molecular complexity index is 330. The van der Waals surface area contributed by atoms with E-state index < -0.39 is 5.54 Å². The summed E-state index contributed by atoms with van der Waals surface area (Å²) in [5.41, 5.74) is 5.40. The summed E-state index contributed by atoms with van der Waals surface area (Å²) < 4.78 is 11.2. The van der Waals surface area contributed by atoms with Crippen molar-refractivity contribution in [1.82, 2.24) is 0 Å². The van der Waals surface area contributed by atoms with E-state index in [9.17, 15) is 4.79 Å². The lowest BCUT2D eigenvalue weighted by Gasteiger charge is -2.33. The maximum Gasteiger partial charge on any atom is 0.328 e. The number of carbonyl (C=O) groups excluding carboxylic acids is 1. The molecule has 0 bridgehead atoms. The van der Waals surface area contributed by atoms with Crippen LogP contribution >= 0.6 is 0 Å². The van der Waals surface area contributed by atoms with E-state index in [1.807, 2.05) is 6.92 Å². The summed E-state index contributed by atoms with van der Waals surface area (Å²) in [7, 11) is 0. The third kappa shape index (κ3) is 3.73. The summed E-state index contributed by atoms with van der Waals surface area (Å²) >= 11 is 0. The molecule has 0 saturated heterocycles. The lowest BCUT2D eigenvalue weighted by molar-refractivity contribution is -0.155. The second-order valence-corrected chi connectivity index (χ2v) is 6.41. The summed E-state index contributed by atoms with van der Waals surface area (Å²) in [6.07, 6.45) is 8.26. The van der Waals surface area contributed by atoms with Crippen molar-refractivity contribution in [1.29, 1.82) is 0 Å². The van der Waals surface area contributed by atoms with Crippen LogP contribution in [0.2, 0.25) is 0 Å². The van der Waals surface area contributed by atoms with E-state index in [1.54, 1.807) is 0 Å². The van der Waals surface area contributed by atoms with Gasteiger partial charge in [-0.3, -0.25) is 0 Å². The van der Waals surface area contributed by atoms with Gasteiger partial charge < -0.3 is 15.2 Å². The molecule has 0 aliphatic heterocycles. The van der Waals surface area contributed by atoms with Gasteiger partial charge in [0.1, 0.15) is 5.54 Å². The Morgan fingerprint density at radius 3 is 2.60 bits per heavy atom. The van der Waals surface area contributed by atoms with Gasteiger partial charge in [-0.2, -0.15) is 0 Å². The Hall–Kier alpha value is -0.610. The van der Waals surface area contributed by atoms with E-state index in [1.165, 1.54) is 19.3 Å². The summed E-state index contributed by atoms with van der Waals surface area (Å²) in [6.45, 7) is 4.76. The van der Waals surface area contributed by atoms with Gasteiger partial charge in [-0.1, -0.05) is 26.2 Å². The van der Waals surface area contributed by atoms with E-state index in [4.69, 9.17) is 15.2 Å². The van der Waals surface area contributed by atoms with Gasteiger partial charge in [-0.05, 0) is 44.4 Å². The van der Waals surface area contributed by atoms with Crippen LogP contribution in [0, 0.1) is 11.8 Å². The van der Waals surface area contributed by atoms with Gasteiger partial charge >= 0.3 is 5.97 Å². The Balaban J connectivity index is 1.87. The van der Waals surface area contributed by atoms with Crippen LogP contribution in [-0.2, 0) is 14.3 Å². The van der Waals surface area contributed by atoms with Gasteiger partial charge in [0.2, 0.25) is 0 Å². The average molecular weight is 283 g/mol. The third-order valence-corrected chi connectivity index (χ3v) is 4.83. The molecule has 2 aliphatic rings. The summed E-state index contributed by atoms with van der Waals surface area (Å²) in [6, 6.07) is 0. The van der Waals surface area contributed by atoms with Gasteiger partial charge in [-0.25, -0.2) is 4.79 Å². The van der Waals surface area contributed by atoms with Crippen LogP contribution in [0.3, 0.4) is 0 Å². The van der Waals surface area contributed by atoms with Crippen LogP contribution in [0.15, 0.2) is 0 Å².